The Balaban J connectivity index is 3.54. The summed E-state index contributed by atoms with van der Waals surface area (Å²) >= 11 is 0. The van der Waals surface area contributed by atoms with Crippen LogP contribution < -0.4 is 4.89 Å². The van der Waals surface area contributed by atoms with Gasteiger partial charge in [-0.2, -0.15) is 0 Å². The van der Waals surface area contributed by atoms with E-state index in [1.807, 2.05) is 0 Å². The molecule has 0 aliphatic heterocycles. The van der Waals surface area contributed by atoms with Crippen LogP contribution in [0.1, 0.15) is 96.8 Å². The van der Waals surface area contributed by atoms with Crippen LogP contribution in [0.25, 0.3) is 0 Å². The maximum atomic E-state index is 11.7. The van der Waals surface area contributed by atoms with Crippen molar-refractivity contribution < 1.29 is 43.4 Å². The second-order valence-corrected chi connectivity index (χ2v) is 9.62. The number of hydrogen-bond donors (Lipinski definition) is 3. The number of unbranched alkanes of at least 4 members (excludes halogenated alkanes) is 12. The lowest BCUT2D eigenvalue weighted by Crippen LogP contribution is -2.26. The van der Waals surface area contributed by atoms with E-state index in [-0.39, 0.29) is 13.0 Å². The average Bonchev–Trinajstić information content (AvgIpc) is 2.77. The van der Waals surface area contributed by atoms with Crippen molar-refractivity contribution in [3.63, 3.8) is 0 Å². The standard InChI is InChI=1S/C22H45O9P/c1-2-3-4-5-6-7-8-9-10-11-12-13-14-15-22(26)29-17-21(25)19-31-32(27,28)30-18-20(24)16-23/h20-21,23-25H,2-19H2,1H3,(H,27,28)/p-1/t20-,21-/m0/s1. The quantitative estimate of drug-likeness (QED) is 0.113. The number of aliphatic hydroxyl groups excluding tert-OH is 3. The van der Waals surface area contributed by atoms with Crippen molar-refractivity contribution in [1.82, 2.24) is 0 Å². The lowest BCUT2D eigenvalue weighted by atomic mass is 10.0. The summed E-state index contributed by atoms with van der Waals surface area (Å²) in [5.74, 6) is -0.445. The Labute approximate surface area is 193 Å². The first-order valence-corrected chi connectivity index (χ1v) is 13.5. The molecule has 0 aromatic heterocycles. The fraction of sp³-hybridized carbons (Fsp3) is 0.955. The van der Waals surface area contributed by atoms with E-state index in [9.17, 15) is 19.4 Å². The highest BCUT2D eigenvalue weighted by atomic mass is 31.2. The van der Waals surface area contributed by atoms with Gasteiger partial charge in [-0.05, 0) is 6.42 Å². The molecule has 0 spiro atoms. The van der Waals surface area contributed by atoms with Crippen molar-refractivity contribution in [3.8, 4) is 0 Å². The SMILES string of the molecule is CCCCCCCCCCCCCCCC(=O)OC[C@H](O)COP(=O)([O-])OC[C@@H](O)CO. The number of phosphoric ester groups is 1. The van der Waals surface area contributed by atoms with Crippen LogP contribution in [-0.4, -0.2) is 59.9 Å². The molecule has 32 heavy (non-hydrogen) atoms. The lowest BCUT2D eigenvalue weighted by Gasteiger charge is -2.24. The van der Waals surface area contributed by atoms with Crippen LogP contribution in [0.3, 0.4) is 0 Å². The van der Waals surface area contributed by atoms with Gasteiger partial charge in [0.2, 0.25) is 0 Å². The molecule has 0 heterocycles. The maximum absolute atomic E-state index is 11.7. The van der Waals surface area contributed by atoms with Gasteiger partial charge in [0.1, 0.15) is 18.8 Å². The number of aliphatic hydroxyl groups is 3. The van der Waals surface area contributed by atoms with Crippen molar-refractivity contribution >= 4 is 13.8 Å². The molecule has 0 saturated heterocycles. The van der Waals surface area contributed by atoms with Crippen LogP contribution in [0.15, 0.2) is 0 Å². The van der Waals surface area contributed by atoms with Crippen LogP contribution >= 0.6 is 7.82 Å². The molecule has 0 aliphatic carbocycles. The van der Waals surface area contributed by atoms with E-state index in [0.717, 1.165) is 19.3 Å². The highest BCUT2D eigenvalue weighted by molar-refractivity contribution is 7.45. The van der Waals surface area contributed by atoms with E-state index >= 15 is 0 Å². The molecule has 9 nitrogen and oxygen atoms in total. The lowest BCUT2D eigenvalue weighted by molar-refractivity contribution is -0.229. The van der Waals surface area contributed by atoms with E-state index in [1.165, 1.54) is 64.2 Å². The molecule has 0 aromatic rings. The zero-order valence-electron chi connectivity index (χ0n) is 19.6. The van der Waals surface area contributed by atoms with E-state index in [0.29, 0.717) is 0 Å². The predicted octanol–water partition coefficient (Wildman–Crippen LogP) is 3.23. The third-order valence-corrected chi connectivity index (χ3v) is 5.91. The third-order valence-electron chi connectivity index (χ3n) is 4.98. The van der Waals surface area contributed by atoms with Crippen molar-refractivity contribution in [2.45, 2.75) is 109 Å². The van der Waals surface area contributed by atoms with Gasteiger partial charge in [-0.3, -0.25) is 9.36 Å². The number of hydrogen-bond acceptors (Lipinski definition) is 9. The second kappa shape index (κ2) is 21.0. The summed E-state index contributed by atoms with van der Waals surface area (Å²) < 4.78 is 25.1. The molecule has 0 bridgehead atoms. The van der Waals surface area contributed by atoms with Gasteiger partial charge >= 0.3 is 5.97 Å². The summed E-state index contributed by atoms with van der Waals surface area (Å²) in [6.07, 6.45) is 13.4. The van der Waals surface area contributed by atoms with Gasteiger partial charge in [-0.25, -0.2) is 0 Å². The average molecular weight is 484 g/mol. The van der Waals surface area contributed by atoms with E-state index in [2.05, 4.69) is 16.0 Å². The zero-order chi connectivity index (χ0) is 24.1. The minimum atomic E-state index is -4.73. The van der Waals surface area contributed by atoms with Crippen molar-refractivity contribution in [2.24, 2.45) is 0 Å². The van der Waals surface area contributed by atoms with Crippen molar-refractivity contribution in [1.29, 1.82) is 0 Å². The molecule has 0 saturated carbocycles. The second-order valence-electron chi connectivity index (χ2n) is 8.20. The van der Waals surface area contributed by atoms with Crippen LogP contribution in [0.5, 0.6) is 0 Å². The van der Waals surface area contributed by atoms with Gasteiger partial charge in [0.05, 0.1) is 19.8 Å². The molecule has 3 atom stereocenters. The summed E-state index contributed by atoms with van der Waals surface area (Å²) in [4.78, 5) is 23.1. The van der Waals surface area contributed by atoms with E-state index < -0.39 is 45.8 Å². The zero-order valence-corrected chi connectivity index (χ0v) is 20.5. The molecular weight excluding hydrogens is 439 g/mol. The molecule has 1 unspecified atom stereocenters. The predicted molar refractivity (Wildman–Crippen MR) is 120 cm³/mol. The fourth-order valence-electron chi connectivity index (χ4n) is 3.04. The van der Waals surface area contributed by atoms with Gasteiger partial charge in [0.25, 0.3) is 7.82 Å². The van der Waals surface area contributed by atoms with E-state index in [1.54, 1.807) is 0 Å². The Morgan fingerprint density at radius 2 is 1.22 bits per heavy atom. The number of ether oxygens (including phenoxy) is 1. The summed E-state index contributed by atoms with van der Waals surface area (Å²) in [6.45, 7) is -0.0893. The molecule has 3 N–H and O–H groups in total. The molecule has 0 radical (unpaired) electrons. The van der Waals surface area contributed by atoms with Crippen LogP contribution in [0.4, 0.5) is 0 Å². The minimum absolute atomic E-state index is 0.257. The van der Waals surface area contributed by atoms with Gasteiger partial charge in [-0.1, -0.05) is 84.0 Å². The molecular formula is C22H44O9P-. The Morgan fingerprint density at radius 1 is 0.781 bits per heavy atom. The number of carbonyl (C=O) groups excluding carboxylic acids is 1. The Morgan fingerprint density at radius 3 is 1.69 bits per heavy atom. The Kier molecular flexibility index (Phi) is 20.7. The van der Waals surface area contributed by atoms with Crippen LogP contribution in [0, 0.1) is 0 Å². The first kappa shape index (κ1) is 31.5. The summed E-state index contributed by atoms with van der Waals surface area (Å²) in [7, 11) is -4.73. The summed E-state index contributed by atoms with van der Waals surface area (Å²) in [6, 6.07) is 0. The van der Waals surface area contributed by atoms with Gasteiger partial charge in [-0.15, -0.1) is 0 Å². The monoisotopic (exact) mass is 483 g/mol. The molecule has 0 fully saturated rings. The molecule has 0 amide bonds. The Bertz CT molecular complexity index is 490. The molecule has 0 aromatic carbocycles. The minimum Gasteiger partial charge on any atom is -0.756 e. The Hall–Kier alpha value is -0.540. The molecule has 0 rings (SSSR count). The maximum Gasteiger partial charge on any atom is 0.305 e. The number of phosphoric acid groups is 1. The first-order chi connectivity index (χ1) is 15.3. The van der Waals surface area contributed by atoms with Gasteiger partial charge < -0.3 is 34.0 Å². The van der Waals surface area contributed by atoms with Crippen LogP contribution in [-0.2, 0) is 23.1 Å². The van der Waals surface area contributed by atoms with E-state index in [4.69, 9.17) is 14.9 Å². The third kappa shape index (κ3) is 21.3. The molecule has 10 heteroatoms. The highest BCUT2D eigenvalue weighted by Crippen LogP contribution is 2.38. The van der Waals surface area contributed by atoms with Crippen molar-refractivity contribution in [3.05, 3.63) is 0 Å². The smallest absolute Gasteiger partial charge is 0.305 e. The van der Waals surface area contributed by atoms with Crippen LogP contribution in [0.2, 0.25) is 0 Å². The number of esters is 1. The first-order valence-electron chi connectivity index (χ1n) is 12.0. The molecule has 192 valence electrons. The largest absolute Gasteiger partial charge is 0.756 e. The van der Waals surface area contributed by atoms with Gasteiger partial charge in [0.15, 0.2) is 0 Å². The summed E-state index contributed by atoms with van der Waals surface area (Å²) in [5, 5.41) is 27.3. The summed E-state index contributed by atoms with van der Waals surface area (Å²) in [5.41, 5.74) is 0. The normalized spacial score (nSPS) is 15.3. The number of rotatable bonds is 23. The highest BCUT2D eigenvalue weighted by Gasteiger charge is 2.16. The fourth-order valence-corrected chi connectivity index (χ4v) is 3.82. The number of carbonyl (C=O) groups is 1. The van der Waals surface area contributed by atoms with Gasteiger partial charge in [0, 0.05) is 6.42 Å². The molecule has 0 aliphatic rings. The topological polar surface area (TPSA) is 146 Å². The van der Waals surface area contributed by atoms with Crippen molar-refractivity contribution in [2.75, 3.05) is 26.4 Å².